The number of nitrogen functional groups attached to an aromatic ring is 1. The van der Waals surface area contributed by atoms with Crippen molar-refractivity contribution in [1.29, 1.82) is 0 Å². The Morgan fingerprint density at radius 2 is 1.94 bits per heavy atom. The largest absolute Gasteiger partial charge is 0.491 e. The molecule has 0 bridgehead atoms. The highest BCUT2D eigenvalue weighted by atomic mass is 16.5. The van der Waals surface area contributed by atoms with Crippen molar-refractivity contribution in [1.82, 2.24) is 0 Å². The zero-order chi connectivity index (χ0) is 12.8. The van der Waals surface area contributed by atoms with Gasteiger partial charge in [-0.2, -0.15) is 0 Å². The Hall–Kier alpha value is -1.38. The van der Waals surface area contributed by atoms with Gasteiger partial charge in [-0.25, -0.2) is 0 Å². The molecule has 0 aliphatic heterocycles. The third-order valence-electron chi connectivity index (χ3n) is 2.53. The standard InChI is InChI=1S/C14H24N2O/c1-5-7-16(6-2)13-8-12(15)9-14(10-13)17-11(3)4/h8-11H,5-7,15H2,1-4H3. The second kappa shape index (κ2) is 6.38. The van der Waals surface area contributed by atoms with Crippen molar-refractivity contribution in [3.8, 4) is 5.75 Å². The lowest BCUT2D eigenvalue weighted by Crippen LogP contribution is -2.23. The predicted octanol–water partition coefficient (Wildman–Crippen LogP) is 3.29. The number of hydrogen-bond acceptors (Lipinski definition) is 3. The average Bonchev–Trinajstić information content (AvgIpc) is 2.23. The zero-order valence-corrected chi connectivity index (χ0v) is 11.4. The molecule has 0 amide bonds. The van der Waals surface area contributed by atoms with Crippen LogP contribution in [0.1, 0.15) is 34.1 Å². The van der Waals surface area contributed by atoms with E-state index in [4.69, 9.17) is 10.5 Å². The third kappa shape index (κ3) is 4.17. The minimum atomic E-state index is 0.172. The molecule has 0 heterocycles. The van der Waals surface area contributed by atoms with Gasteiger partial charge in [0.1, 0.15) is 5.75 Å². The number of nitrogens with zero attached hydrogens (tertiary/aromatic N) is 1. The molecule has 0 aromatic heterocycles. The van der Waals surface area contributed by atoms with Crippen LogP contribution in [-0.2, 0) is 0 Å². The molecule has 0 saturated heterocycles. The van der Waals surface area contributed by atoms with Gasteiger partial charge in [-0.05, 0) is 33.3 Å². The van der Waals surface area contributed by atoms with E-state index in [0.717, 1.165) is 36.6 Å². The summed E-state index contributed by atoms with van der Waals surface area (Å²) in [6, 6.07) is 5.95. The highest BCUT2D eigenvalue weighted by Gasteiger charge is 2.07. The normalized spacial score (nSPS) is 10.6. The van der Waals surface area contributed by atoms with Gasteiger partial charge in [-0.15, -0.1) is 0 Å². The van der Waals surface area contributed by atoms with E-state index in [1.165, 1.54) is 0 Å². The molecule has 3 nitrogen and oxygen atoms in total. The summed E-state index contributed by atoms with van der Waals surface area (Å²) in [7, 11) is 0. The van der Waals surface area contributed by atoms with Gasteiger partial charge in [-0.3, -0.25) is 0 Å². The smallest absolute Gasteiger partial charge is 0.123 e. The summed E-state index contributed by atoms with van der Waals surface area (Å²) in [6.45, 7) is 10.4. The number of rotatable bonds is 6. The first-order chi connectivity index (χ1) is 8.06. The van der Waals surface area contributed by atoms with Crippen LogP contribution in [0.25, 0.3) is 0 Å². The number of ether oxygens (including phenoxy) is 1. The Labute approximate surface area is 105 Å². The first-order valence-corrected chi connectivity index (χ1v) is 6.39. The quantitative estimate of drug-likeness (QED) is 0.770. The molecule has 17 heavy (non-hydrogen) atoms. The van der Waals surface area contributed by atoms with Crippen molar-refractivity contribution in [2.75, 3.05) is 23.7 Å². The van der Waals surface area contributed by atoms with Crippen LogP contribution < -0.4 is 15.4 Å². The van der Waals surface area contributed by atoms with Crippen LogP contribution in [0.2, 0.25) is 0 Å². The van der Waals surface area contributed by atoms with Crippen LogP contribution in [-0.4, -0.2) is 19.2 Å². The number of nitrogens with two attached hydrogens (primary N) is 1. The molecule has 2 N–H and O–H groups in total. The zero-order valence-electron chi connectivity index (χ0n) is 11.4. The Morgan fingerprint density at radius 3 is 2.47 bits per heavy atom. The van der Waals surface area contributed by atoms with Gasteiger partial charge >= 0.3 is 0 Å². The maximum Gasteiger partial charge on any atom is 0.123 e. The highest BCUT2D eigenvalue weighted by molar-refractivity contribution is 5.60. The first-order valence-electron chi connectivity index (χ1n) is 6.39. The van der Waals surface area contributed by atoms with Gasteiger partial charge in [-0.1, -0.05) is 6.92 Å². The first kappa shape index (κ1) is 13.7. The molecular formula is C14H24N2O. The van der Waals surface area contributed by atoms with Gasteiger partial charge in [0, 0.05) is 36.6 Å². The maximum atomic E-state index is 5.92. The number of anilines is 2. The Bertz CT molecular complexity index is 350. The average molecular weight is 236 g/mol. The van der Waals surface area contributed by atoms with Crippen LogP contribution >= 0.6 is 0 Å². The molecule has 0 spiro atoms. The van der Waals surface area contributed by atoms with Crippen molar-refractivity contribution in [2.45, 2.75) is 40.2 Å². The van der Waals surface area contributed by atoms with Crippen molar-refractivity contribution in [3.63, 3.8) is 0 Å². The fourth-order valence-corrected chi connectivity index (χ4v) is 1.87. The van der Waals surface area contributed by atoms with E-state index < -0.39 is 0 Å². The molecule has 1 rings (SSSR count). The third-order valence-corrected chi connectivity index (χ3v) is 2.53. The lowest BCUT2D eigenvalue weighted by atomic mass is 10.2. The SMILES string of the molecule is CCCN(CC)c1cc(N)cc(OC(C)C)c1. The summed E-state index contributed by atoms with van der Waals surface area (Å²) in [5.41, 5.74) is 7.82. The van der Waals surface area contributed by atoms with Gasteiger partial charge in [0.25, 0.3) is 0 Å². The van der Waals surface area contributed by atoms with Crippen LogP contribution in [0.5, 0.6) is 5.75 Å². The summed E-state index contributed by atoms with van der Waals surface area (Å²) in [4.78, 5) is 2.31. The minimum Gasteiger partial charge on any atom is -0.491 e. The van der Waals surface area contributed by atoms with Crippen molar-refractivity contribution in [2.24, 2.45) is 0 Å². The van der Waals surface area contributed by atoms with Crippen LogP contribution in [0.4, 0.5) is 11.4 Å². The molecule has 96 valence electrons. The molecule has 0 radical (unpaired) electrons. The van der Waals surface area contributed by atoms with E-state index in [9.17, 15) is 0 Å². The fourth-order valence-electron chi connectivity index (χ4n) is 1.87. The summed E-state index contributed by atoms with van der Waals surface area (Å²) in [5.74, 6) is 0.851. The summed E-state index contributed by atoms with van der Waals surface area (Å²) in [5, 5.41) is 0. The van der Waals surface area contributed by atoms with E-state index in [0.29, 0.717) is 0 Å². The molecule has 0 atom stereocenters. The van der Waals surface area contributed by atoms with Crippen LogP contribution in [0, 0.1) is 0 Å². The Balaban J connectivity index is 2.94. The van der Waals surface area contributed by atoms with Gasteiger partial charge in [0.05, 0.1) is 6.10 Å². The van der Waals surface area contributed by atoms with Crippen LogP contribution in [0.3, 0.4) is 0 Å². The Kier molecular flexibility index (Phi) is 5.13. The second-order valence-electron chi connectivity index (χ2n) is 4.51. The van der Waals surface area contributed by atoms with Crippen LogP contribution in [0.15, 0.2) is 18.2 Å². The highest BCUT2D eigenvalue weighted by Crippen LogP contribution is 2.26. The molecule has 0 saturated carbocycles. The summed E-state index contributed by atoms with van der Waals surface area (Å²) in [6.07, 6.45) is 1.30. The van der Waals surface area contributed by atoms with Gasteiger partial charge < -0.3 is 15.4 Å². The van der Waals surface area contributed by atoms with E-state index in [1.54, 1.807) is 0 Å². The maximum absolute atomic E-state index is 5.92. The molecule has 0 fully saturated rings. The molecular weight excluding hydrogens is 212 g/mol. The van der Waals surface area contributed by atoms with Gasteiger partial charge in [0.15, 0.2) is 0 Å². The fraction of sp³-hybridized carbons (Fsp3) is 0.571. The Morgan fingerprint density at radius 1 is 1.24 bits per heavy atom. The second-order valence-corrected chi connectivity index (χ2v) is 4.51. The monoisotopic (exact) mass is 236 g/mol. The lowest BCUT2D eigenvalue weighted by molar-refractivity contribution is 0.242. The van der Waals surface area contributed by atoms with Gasteiger partial charge in [0.2, 0.25) is 0 Å². The molecule has 3 heteroatoms. The van der Waals surface area contributed by atoms with Crippen molar-refractivity contribution < 1.29 is 4.74 Å². The molecule has 0 aliphatic carbocycles. The van der Waals surface area contributed by atoms with Crippen molar-refractivity contribution >= 4 is 11.4 Å². The van der Waals surface area contributed by atoms with E-state index in [2.05, 4.69) is 24.8 Å². The van der Waals surface area contributed by atoms with Crippen molar-refractivity contribution in [3.05, 3.63) is 18.2 Å². The summed E-state index contributed by atoms with van der Waals surface area (Å²) < 4.78 is 5.70. The number of benzene rings is 1. The molecule has 0 aliphatic rings. The lowest BCUT2D eigenvalue weighted by Gasteiger charge is -2.23. The van der Waals surface area contributed by atoms with E-state index in [-0.39, 0.29) is 6.10 Å². The molecule has 1 aromatic rings. The summed E-state index contributed by atoms with van der Waals surface area (Å²) >= 11 is 0. The number of hydrogen-bond donors (Lipinski definition) is 1. The van der Waals surface area contributed by atoms with E-state index in [1.807, 2.05) is 26.0 Å². The topological polar surface area (TPSA) is 38.5 Å². The molecule has 1 aromatic carbocycles. The predicted molar refractivity (Wildman–Crippen MR) is 74.8 cm³/mol. The van der Waals surface area contributed by atoms with E-state index >= 15 is 0 Å². The minimum absolute atomic E-state index is 0.172. The molecule has 0 unspecified atom stereocenters.